The second-order valence-corrected chi connectivity index (χ2v) is 4.62. The minimum Gasteiger partial charge on any atom is -0.491 e. The maximum absolute atomic E-state index is 12.2. The van der Waals surface area contributed by atoms with Crippen LogP contribution in [0.2, 0.25) is 5.22 Å². The summed E-state index contributed by atoms with van der Waals surface area (Å²) in [5.74, 6) is 0.000278. The van der Waals surface area contributed by atoms with E-state index in [0.29, 0.717) is 30.0 Å². The number of carbonyl (C=O) groups is 2. The molecule has 0 saturated carbocycles. The van der Waals surface area contributed by atoms with E-state index in [2.05, 4.69) is 5.32 Å². The molecule has 0 spiro atoms. The summed E-state index contributed by atoms with van der Waals surface area (Å²) in [6, 6.07) is 7.68. The van der Waals surface area contributed by atoms with Crippen molar-refractivity contribution in [2.75, 3.05) is 13.2 Å². The first kappa shape index (κ1) is 12.7. The third kappa shape index (κ3) is 2.28. The van der Waals surface area contributed by atoms with Crippen molar-refractivity contribution in [2.45, 2.75) is 0 Å². The van der Waals surface area contributed by atoms with Crippen molar-refractivity contribution in [2.24, 2.45) is 0 Å². The number of amides is 1. The Morgan fingerprint density at radius 2 is 2.10 bits per heavy atom. The molecule has 0 radical (unpaired) electrons. The number of ketones is 1. The van der Waals surface area contributed by atoms with E-state index in [4.69, 9.17) is 20.8 Å². The topological polar surface area (TPSA) is 68.5 Å². The predicted octanol–water partition coefficient (Wildman–Crippen LogP) is 2.29. The zero-order valence-electron chi connectivity index (χ0n) is 10.3. The van der Waals surface area contributed by atoms with E-state index < -0.39 is 0 Å². The van der Waals surface area contributed by atoms with Gasteiger partial charge >= 0.3 is 0 Å². The molecule has 3 rings (SSSR count). The summed E-state index contributed by atoms with van der Waals surface area (Å²) < 4.78 is 10.5. The van der Waals surface area contributed by atoms with Crippen LogP contribution in [-0.2, 0) is 0 Å². The molecule has 1 aliphatic rings. The van der Waals surface area contributed by atoms with Crippen molar-refractivity contribution in [3.8, 4) is 5.75 Å². The van der Waals surface area contributed by atoms with Gasteiger partial charge in [0, 0.05) is 5.56 Å². The van der Waals surface area contributed by atoms with Crippen LogP contribution < -0.4 is 10.1 Å². The van der Waals surface area contributed by atoms with E-state index in [1.807, 2.05) is 0 Å². The monoisotopic (exact) mass is 291 g/mol. The lowest BCUT2D eigenvalue weighted by Crippen LogP contribution is -2.24. The predicted molar refractivity (Wildman–Crippen MR) is 71.4 cm³/mol. The van der Waals surface area contributed by atoms with Gasteiger partial charge in [0.1, 0.15) is 12.4 Å². The van der Waals surface area contributed by atoms with E-state index in [0.717, 1.165) is 0 Å². The summed E-state index contributed by atoms with van der Waals surface area (Å²) in [5.41, 5.74) is 0.682. The molecule has 5 nitrogen and oxygen atoms in total. The Morgan fingerprint density at radius 3 is 2.85 bits per heavy atom. The van der Waals surface area contributed by atoms with Crippen LogP contribution in [-0.4, -0.2) is 24.8 Å². The molecule has 6 heteroatoms. The van der Waals surface area contributed by atoms with Crippen LogP contribution >= 0.6 is 11.6 Å². The van der Waals surface area contributed by atoms with Gasteiger partial charge in [-0.05, 0) is 41.9 Å². The molecule has 0 atom stereocenters. The Labute approximate surface area is 119 Å². The molecule has 0 saturated heterocycles. The summed E-state index contributed by atoms with van der Waals surface area (Å²) in [7, 11) is 0. The molecule has 1 amide bonds. The van der Waals surface area contributed by atoms with Crippen molar-refractivity contribution in [1.29, 1.82) is 0 Å². The van der Waals surface area contributed by atoms with E-state index in [1.165, 1.54) is 18.2 Å². The molecule has 0 bridgehead atoms. The van der Waals surface area contributed by atoms with Gasteiger partial charge in [-0.2, -0.15) is 0 Å². The molecule has 2 heterocycles. The second kappa shape index (κ2) is 5.02. The van der Waals surface area contributed by atoms with Crippen LogP contribution in [0.1, 0.15) is 26.5 Å². The fraction of sp³-hybridized carbons (Fsp3) is 0.143. The number of furan rings is 1. The number of nitrogens with one attached hydrogen (secondary N) is 1. The lowest BCUT2D eigenvalue weighted by molar-refractivity contribution is 0.0957. The highest BCUT2D eigenvalue weighted by Crippen LogP contribution is 2.24. The van der Waals surface area contributed by atoms with Gasteiger partial charge in [-0.15, -0.1) is 0 Å². The third-order valence-electron chi connectivity index (χ3n) is 2.93. The second-order valence-electron chi connectivity index (χ2n) is 4.25. The Balaban J connectivity index is 1.99. The van der Waals surface area contributed by atoms with Gasteiger partial charge in [0.25, 0.3) is 5.91 Å². The Kier molecular flexibility index (Phi) is 3.20. The molecule has 2 aromatic rings. The summed E-state index contributed by atoms with van der Waals surface area (Å²) >= 11 is 5.65. The number of hydrogen-bond donors (Lipinski definition) is 1. The van der Waals surface area contributed by atoms with Gasteiger partial charge in [-0.1, -0.05) is 0 Å². The first-order chi connectivity index (χ1) is 9.65. The van der Waals surface area contributed by atoms with Crippen LogP contribution in [0.5, 0.6) is 5.75 Å². The Hall–Kier alpha value is -2.27. The standard InChI is InChI=1S/C14H10ClNO4/c15-12-4-3-11(20-12)13(17)8-1-2-10-9(7-8)14(18)16-5-6-19-10/h1-4,7H,5-6H2,(H,16,18). The molecule has 1 aromatic carbocycles. The van der Waals surface area contributed by atoms with E-state index in [-0.39, 0.29) is 22.7 Å². The number of benzene rings is 1. The maximum atomic E-state index is 12.2. The highest BCUT2D eigenvalue weighted by molar-refractivity contribution is 6.29. The number of fused-ring (bicyclic) bond motifs is 1. The number of ether oxygens (including phenoxy) is 1. The van der Waals surface area contributed by atoms with E-state index >= 15 is 0 Å². The summed E-state index contributed by atoms with van der Waals surface area (Å²) in [4.78, 5) is 24.1. The Morgan fingerprint density at radius 1 is 1.25 bits per heavy atom. The number of rotatable bonds is 2. The molecule has 0 fully saturated rings. The lowest BCUT2D eigenvalue weighted by atomic mass is 10.0. The molecule has 0 unspecified atom stereocenters. The minimum atomic E-state index is -0.336. The fourth-order valence-corrected chi connectivity index (χ4v) is 2.12. The Bertz CT molecular complexity index is 692. The van der Waals surface area contributed by atoms with Crippen LogP contribution in [0, 0.1) is 0 Å². The van der Waals surface area contributed by atoms with Crippen molar-refractivity contribution >= 4 is 23.3 Å². The number of halogens is 1. The summed E-state index contributed by atoms with van der Waals surface area (Å²) in [6.45, 7) is 0.838. The van der Waals surface area contributed by atoms with Gasteiger partial charge in [0.2, 0.25) is 5.78 Å². The summed E-state index contributed by atoms with van der Waals surface area (Å²) in [6.07, 6.45) is 0. The number of hydrogen-bond acceptors (Lipinski definition) is 4. The highest BCUT2D eigenvalue weighted by Gasteiger charge is 2.20. The van der Waals surface area contributed by atoms with Gasteiger partial charge in [0.15, 0.2) is 11.0 Å². The van der Waals surface area contributed by atoms with Crippen LogP contribution in [0.15, 0.2) is 34.7 Å². The molecule has 1 N–H and O–H groups in total. The lowest BCUT2D eigenvalue weighted by Gasteiger charge is -2.06. The first-order valence-electron chi connectivity index (χ1n) is 6.00. The molecule has 20 heavy (non-hydrogen) atoms. The quantitative estimate of drug-likeness (QED) is 0.862. The van der Waals surface area contributed by atoms with Crippen LogP contribution in [0.3, 0.4) is 0 Å². The van der Waals surface area contributed by atoms with E-state index in [9.17, 15) is 9.59 Å². The molecule has 1 aromatic heterocycles. The van der Waals surface area contributed by atoms with Crippen molar-refractivity contribution < 1.29 is 18.7 Å². The van der Waals surface area contributed by atoms with Crippen molar-refractivity contribution in [1.82, 2.24) is 5.32 Å². The van der Waals surface area contributed by atoms with Crippen molar-refractivity contribution in [3.05, 3.63) is 52.4 Å². The van der Waals surface area contributed by atoms with E-state index in [1.54, 1.807) is 12.1 Å². The number of carbonyl (C=O) groups excluding carboxylic acids is 2. The van der Waals surface area contributed by atoms with Gasteiger partial charge < -0.3 is 14.5 Å². The maximum Gasteiger partial charge on any atom is 0.255 e. The highest BCUT2D eigenvalue weighted by atomic mass is 35.5. The smallest absolute Gasteiger partial charge is 0.255 e. The summed E-state index contributed by atoms with van der Waals surface area (Å²) in [5, 5.41) is 2.83. The fourth-order valence-electron chi connectivity index (χ4n) is 1.97. The van der Waals surface area contributed by atoms with Gasteiger partial charge in [-0.3, -0.25) is 9.59 Å². The minimum absolute atomic E-state index is 0.130. The molecule has 0 aliphatic carbocycles. The first-order valence-corrected chi connectivity index (χ1v) is 6.38. The molecular formula is C14H10ClNO4. The largest absolute Gasteiger partial charge is 0.491 e. The average molecular weight is 292 g/mol. The van der Waals surface area contributed by atoms with Crippen LogP contribution in [0.25, 0.3) is 0 Å². The van der Waals surface area contributed by atoms with Gasteiger partial charge in [-0.25, -0.2) is 0 Å². The van der Waals surface area contributed by atoms with Crippen LogP contribution in [0.4, 0.5) is 0 Å². The average Bonchev–Trinajstić information content (AvgIpc) is 2.80. The zero-order chi connectivity index (χ0) is 14.1. The zero-order valence-corrected chi connectivity index (χ0v) is 11.1. The molecule has 1 aliphatic heterocycles. The third-order valence-corrected chi connectivity index (χ3v) is 3.13. The molecule has 102 valence electrons. The van der Waals surface area contributed by atoms with Crippen molar-refractivity contribution in [3.63, 3.8) is 0 Å². The molecular weight excluding hydrogens is 282 g/mol. The SMILES string of the molecule is O=C(c1ccc2c(c1)C(=O)NCCO2)c1ccc(Cl)o1. The van der Waals surface area contributed by atoms with Gasteiger partial charge in [0.05, 0.1) is 12.1 Å². The normalized spacial score (nSPS) is 13.9.